The molecule has 1 aliphatic rings. The van der Waals surface area contributed by atoms with E-state index in [1.807, 2.05) is 6.92 Å². The van der Waals surface area contributed by atoms with Crippen LogP contribution >= 0.6 is 11.6 Å². The predicted molar refractivity (Wildman–Crippen MR) is 106 cm³/mol. The Labute approximate surface area is 165 Å². The first-order valence-electron chi connectivity index (χ1n) is 9.06. The molecule has 3 rings (SSSR count). The second-order valence-electron chi connectivity index (χ2n) is 6.56. The van der Waals surface area contributed by atoms with E-state index in [1.54, 1.807) is 25.3 Å². The van der Waals surface area contributed by atoms with Crippen LogP contribution in [0.3, 0.4) is 0 Å². The third kappa shape index (κ3) is 4.39. The molecule has 7 heteroatoms. The summed E-state index contributed by atoms with van der Waals surface area (Å²) in [6.07, 6.45) is 2.71. The van der Waals surface area contributed by atoms with Gasteiger partial charge < -0.3 is 14.2 Å². The van der Waals surface area contributed by atoms with E-state index in [1.165, 1.54) is 12.1 Å². The van der Waals surface area contributed by atoms with Crippen molar-refractivity contribution in [3.8, 4) is 11.5 Å². The number of benzene rings is 2. The van der Waals surface area contributed by atoms with Gasteiger partial charge in [-0.15, -0.1) is 0 Å². The molecule has 2 aromatic rings. The first kappa shape index (κ1) is 20.0. The molecule has 1 aliphatic heterocycles. The fourth-order valence-electron chi connectivity index (χ4n) is 3.41. The van der Waals surface area contributed by atoms with Crippen LogP contribution in [0.25, 0.3) is 0 Å². The Balaban J connectivity index is 2.05. The van der Waals surface area contributed by atoms with Gasteiger partial charge >= 0.3 is 10.1 Å². The summed E-state index contributed by atoms with van der Waals surface area (Å²) in [6.45, 7) is 3.89. The van der Waals surface area contributed by atoms with E-state index < -0.39 is 10.1 Å². The van der Waals surface area contributed by atoms with Gasteiger partial charge in [0.15, 0.2) is 11.5 Å². The van der Waals surface area contributed by atoms with Crippen molar-refractivity contribution in [2.24, 2.45) is 0 Å². The highest BCUT2D eigenvalue weighted by Gasteiger charge is 2.26. The van der Waals surface area contributed by atoms with Crippen molar-refractivity contribution in [2.75, 3.05) is 20.2 Å². The lowest BCUT2D eigenvalue weighted by atomic mass is 9.88. The zero-order valence-corrected chi connectivity index (χ0v) is 17.1. The number of ether oxygens (including phenoxy) is 1. The molecule has 2 aromatic carbocycles. The van der Waals surface area contributed by atoms with Gasteiger partial charge in [-0.25, -0.2) is 0 Å². The van der Waals surface area contributed by atoms with Crippen molar-refractivity contribution in [1.82, 2.24) is 5.32 Å². The van der Waals surface area contributed by atoms with E-state index in [0.29, 0.717) is 11.7 Å². The number of aryl methyl sites for hydroxylation is 1. The summed E-state index contributed by atoms with van der Waals surface area (Å²) in [5, 5.41) is 3.48. The molecule has 0 spiro atoms. The third-order valence-electron chi connectivity index (χ3n) is 4.84. The Kier molecular flexibility index (Phi) is 6.29. The highest BCUT2D eigenvalue weighted by molar-refractivity contribution is 7.87. The normalized spacial score (nSPS) is 15.5. The van der Waals surface area contributed by atoms with Gasteiger partial charge in [0.2, 0.25) is 0 Å². The third-order valence-corrected chi connectivity index (χ3v) is 6.58. The van der Waals surface area contributed by atoms with Crippen molar-refractivity contribution in [3.63, 3.8) is 0 Å². The lowest BCUT2D eigenvalue weighted by Gasteiger charge is -2.26. The number of methoxy groups -OCH3 is 1. The van der Waals surface area contributed by atoms with Crippen molar-refractivity contribution in [3.05, 3.63) is 52.5 Å². The fourth-order valence-corrected chi connectivity index (χ4v) is 4.84. The number of hydrogen-bond acceptors (Lipinski definition) is 5. The van der Waals surface area contributed by atoms with Crippen LogP contribution in [0.4, 0.5) is 0 Å². The highest BCUT2D eigenvalue weighted by Crippen LogP contribution is 2.41. The van der Waals surface area contributed by atoms with E-state index in [-0.39, 0.29) is 15.7 Å². The minimum atomic E-state index is -4.07. The maximum atomic E-state index is 12.8. The zero-order chi connectivity index (χ0) is 19.4. The first-order valence-corrected chi connectivity index (χ1v) is 10.9. The van der Waals surface area contributed by atoms with Crippen molar-refractivity contribution in [2.45, 2.75) is 37.0 Å². The Morgan fingerprint density at radius 1 is 1.19 bits per heavy atom. The van der Waals surface area contributed by atoms with Gasteiger partial charge in [0.1, 0.15) is 4.90 Å². The predicted octanol–water partition coefficient (Wildman–Crippen LogP) is 4.15. The maximum Gasteiger partial charge on any atom is 0.340 e. The van der Waals surface area contributed by atoms with Crippen LogP contribution in [0, 0.1) is 0 Å². The summed E-state index contributed by atoms with van der Waals surface area (Å²) in [7, 11) is -2.53. The van der Waals surface area contributed by atoms with Crippen molar-refractivity contribution >= 4 is 21.7 Å². The lowest BCUT2D eigenvalue weighted by Crippen LogP contribution is -2.27. The first-order chi connectivity index (χ1) is 13.0. The summed E-state index contributed by atoms with van der Waals surface area (Å²) >= 11 is 6.06. The summed E-state index contributed by atoms with van der Waals surface area (Å²) < 4.78 is 36.7. The smallest absolute Gasteiger partial charge is 0.340 e. The Hall–Kier alpha value is -1.76. The average Bonchev–Trinajstić information content (AvgIpc) is 2.68. The molecule has 0 bridgehead atoms. The summed E-state index contributed by atoms with van der Waals surface area (Å²) in [6, 6.07) is 10.1. The molecule has 1 fully saturated rings. The summed E-state index contributed by atoms with van der Waals surface area (Å²) in [5.74, 6) is 0.998. The average molecular weight is 410 g/mol. The molecule has 0 amide bonds. The minimum absolute atomic E-state index is 0.0564. The molecule has 0 unspecified atom stereocenters. The molecule has 1 heterocycles. The van der Waals surface area contributed by atoms with Crippen LogP contribution in [-0.4, -0.2) is 28.6 Å². The van der Waals surface area contributed by atoms with Crippen molar-refractivity contribution in [1.29, 1.82) is 0 Å². The number of piperidine rings is 1. The molecule has 146 valence electrons. The van der Waals surface area contributed by atoms with Gasteiger partial charge in [-0.3, -0.25) is 0 Å². The molecule has 0 saturated carbocycles. The molecule has 1 saturated heterocycles. The van der Waals surface area contributed by atoms with Crippen LogP contribution in [0.2, 0.25) is 5.02 Å². The molecule has 1 N–H and O–H groups in total. The van der Waals surface area contributed by atoms with E-state index in [4.69, 9.17) is 20.5 Å². The Morgan fingerprint density at radius 2 is 1.89 bits per heavy atom. The van der Waals surface area contributed by atoms with E-state index in [0.717, 1.165) is 43.5 Å². The SMILES string of the molecule is CCc1cc(OS(=O)(=O)c2ccccc2Cl)c(OC)c(C2CCNCC2)c1. The zero-order valence-electron chi connectivity index (χ0n) is 15.5. The second kappa shape index (κ2) is 8.50. The van der Waals surface area contributed by atoms with E-state index in [9.17, 15) is 8.42 Å². The molecular formula is C20H24ClNO4S. The standard InChI is InChI=1S/C20H24ClNO4S/c1-3-14-12-16(15-8-10-22-11-9-15)20(25-2)18(13-14)26-27(23,24)19-7-5-4-6-17(19)21/h4-7,12-13,15,22H,3,8-11H2,1-2H3. The van der Waals surface area contributed by atoms with Crippen LogP contribution in [0.15, 0.2) is 41.3 Å². The van der Waals surface area contributed by atoms with Gasteiger partial charge in [0, 0.05) is 5.56 Å². The van der Waals surface area contributed by atoms with Gasteiger partial charge in [-0.2, -0.15) is 8.42 Å². The fraction of sp³-hybridized carbons (Fsp3) is 0.400. The maximum absolute atomic E-state index is 12.8. The number of rotatable bonds is 6. The molecular weight excluding hydrogens is 386 g/mol. The van der Waals surface area contributed by atoms with Gasteiger partial charge in [0.05, 0.1) is 12.1 Å². The highest BCUT2D eigenvalue weighted by atomic mass is 35.5. The minimum Gasteiger partial charge on any atom is -0.492 e. The van der Waals surface area contributed by atoms with Crippen LogP contribution in [-0.2, 0) is 16.5 Å². The molecule has 27 heavy (non-hydrogen) atoms. The Bertz CT molecular complexity index is 908. The van der Waals surface area contributed by atoms with Crippen molar-refractivity contribution < 1.29 is 17.3 Å². The van der Waals surface area contributed by atoms with Crippen LogP contribution in [0.1, 0.15) is 36.8 Å². The van der Waals surface area contributed by atoms with E-state index >= 15 is 0 Å². The number of nitrogens with one attached hydrogen (secondary N) is 1. The number of hydrogen-bond donors (Lipinski definition) is 1. The topological polar surface area (TPSA) is 64.6 Å². The summed E-state index contributed by atoms with van der Waals surface area (Å²) in [4.78, 5) is -0.0564. The quantitative estimate of drug-likeness (QED) is 0.726. The van der Waals surface area contributed by atoms with Crippen LogP contribution in [0.5, 0.6) is 11.5 Å². The Morgan fingerprint density at radius 3 is 2.52 bits per heavy atom. The lowest BCUT2D eigenvalue weighted by molar-refractivity contribution is 0.372. The van der Waals surface area contributed by atoms with Crippen LogP contribution < -0.4 is 14.2 Å². The largest absolute Gasteiger partial charge is 0.492 e. The number of halogens is 1. The van der Waals surface area contributed by atoms with Gasteiger partial charge in [-0.1, -0.05) is 36.7 Å². The summed E-state index contributed by atoms with van der Waals surface area (Å²) in [5.41, 5.74) is 2.01. The molecule has 5 nitrogen and oxygen atoms in total. The second-order valence-corrected chi connectivity index (χ2v) is 8.48. The molecule has 0 atom stereocenters. The van der Waals surface area contributed by atoms with E-state index in [2.05, 4.69) is 11.4 Å². The monoisotopic (exact) mass is 409 g/mol. The van der Waals surface area contributed by atoms with Gasteiger partial charge in [-0.05, 0) is 62.0 Å². The molecule has 0 radical (unpaired) electrons. The van der Waals surface area contributed by atoms with Gasteiger partial charge in [0.25, 0.3) is 0 Å². The molecule has 0 aromatic heterocycles. The molecule has 0 aliphatic carbocycles.